The molecule has 0 amide bonds. The Kier molecular flexibility index (Phi) is 4.53. The van der Waals surface area contributed by atoms with E-state index in [9.17, 15) is 0 Å². The third kappa shape index (κ3) is 3.47. The average molecular weight is 316 g/mol. The van der Waals surface area contributed by atoms with Crippen LogP contribution >= 0.6 is 0 Å². The zero-order valence-electron chi connectivity index (χ0n) is 14.7. The summed E-state index contributed by atoms with van der Waals surface area (Å²) in [7, 11) is 0. The Labute approximate surface area is 138 Å². The van der Waals surface area contributed by atoms with E-state index in [4.69, 9.17) is 0 Å². The highest BCUT2D eigenvalue weighted by Gasteiger charge is 2.23. The average Bonchev–Trinajstić information content (AvgIpc) is 3.12. The van der Waals surface area contributed by atoms with Crippen molar-refractivity contribution < 1.29 is 0 Å². The lowest BCUT2D eigenvalue weighted by Crippen LogP contribution is -2.31. The normalized spacial score (nSPS) is 18.2. The maximum absolute atomic E-state index is 4.30. The van der Waals surface area contributed by atoms with E-state index in [1.165, 1.54) is 17.7 Å². The van der Waals surface area contributed by atoms with Gasteiger partial charge >= 0.3 is 0 Å². The molecule has 2 N–H and O–H groups in total. The second-order valence-corrected chi connectivity index (χ2v) is 7.55. The predicted octanol–water partition coefficient (Wildman–Crippen LogP) is 2.21. The van der Waals surface area contributed by atoms with Crippen LogP contribution < -0.4 is 5.32 Å². The number of aromatic nitrogens is 5. The fraction of sp³-hybridized carbons (Fsp3) is 0.706. The first-order valence-corrected chi connectivity index (χ1v) is 8.63. The summed E-state index contributed by atoms with van der Waals surface area (Å²) >= 11 is 0. The van der Waals surface area contributed by atoms with Crippen LogP contribution in [0.1, 0.15) is 57.0 Å². The van der Waals surface area contributed by atoms with Crippen LogP contribution in [-0.2, 0) is 31.3 Å². The first-order valence-electron chi connectivity index (χ1n) is 8.63. The molecule has 0 saturated heterocycles. The van der Waals surface area contributed by atoms with E-state index in [-0.39, 0.29) is 5.41 Å². The van der Waals surface area contributed by atoms with E-state index in [1.54, 1.807) is 0 Å². The number of hydrogen-bond donors (Lipinski definition) is 2. The van der Waals surface area contributed by atoms with Crippen LogP contribution in [0.4, 0.5) is 0 Å². The molecule has 1 aliphatic rings. The molecule has 0 aromatic carbocycles. The van der Waals surface area contributed by atoms with Crippen molar-refractivity contribution in [3.8, 4) is 0 Å². The van der Waals surface area contributed by atoms with E-state index < -0.39 is 0 Å². The maximum Gasteiger partial charge on any atom is 0.133 e. The summed E-state index contributed by atoms with van der Waals surface area (Å²) in [6.07, 6.45) is 5.13. The van der Waals surface area contributed by atoms with Gasteiger partial charge in [0.05, 0.1) is 6.20 Å². The molecule has 0 aliphatic carbocycles. The SMILES string of the molecule is CCc1nnc2n1CC(CNCc1cn[nH]c1C(C)(C)C)CC2. The lowest BCUT2D eigenvalue weighted by Gasteiger charge is -2.25. The van der Waals surface area contributed by atoms with Gasteiger partial charge in [-0.3, -0.25) is 5.10 Å². The van der Waals surface area contributed by atoms with Crippen molar-refractivity contribution in [3.05, 3.63) is 29.1 Å². The van der Waals surface area contributed by atoms with Crippen molar-refractivity contribution in [1.29, 1.82) is 0 Å². The van der Waals surface area contributed by atoms with Gasteiger partial charge in [-0.05, 0) is 18.9 Å². The number of nitrogens with one attached hydrogen (secondary N) is 2. The third-order valence-electron chi connectivity index (χ3n) is 4.65. The van der Waals surface area contributed by atoms with Crippen molar-refractivity contribution in [2.24, 2.45) is 5.92 Å². The van der Waals surface area contributed by atoms with Gasteiger partial charge in [0.2, 0.25) is 0 Å². The van der Waals surface area contributed by atoms with Gasteiger partial charge in [-0.1, -0.05) is 27.7 Å². The second kappa shape index (κ2) is 6.43. The molecule has 3 heterocycles. The Hall–Kier alpha value is -1.69. The van der Waals surface area contributed by atoms with Crippen LogP contribution in [0.25, 0.3) is 0 Å². The molecule has 23 heavy (non-hydrogen) atoms. The molecule has 0 bridgehead atoms. The molecule has 2 aromatic rings. The number of fused-ring (bicyclic) bond motifs is 1. The quantitative estimate of drug-likeness (QED) is 0.887. The Morgan fingerprint density at radius 1 is 1.35 bits per heavy atom. The van der Waals surface area contributed by atoms with Gasteiger partial charge in [0.25, 0.3) is 0 Å². The van der Waals surface area contributed by atoms with Crippen LogP contribution in [0.2, 0.25) is 0 Å². The molecule has 2 aromatic heterocycles. The molecule has 1 unspecified atom stereocenters. The van der Waals surface area contributed by atoms with E-state index in [1.807, 2.05) is 6.20 Å². The fourth-order valence-electron chi connectivity index (χ4n) is 3.38. The van der Waals surface area contributed by atoms with Gasteiger partial charge in [0, 0.05) is 42.6 Å². The molecule has 126 valence electrons. The number of rotatable bonds is 5. The monoisotopic (exact) mass is 316 g/mol. The molecule has 1 atom stereocenters. The number of hydrogen-bond acceptors (Lipinski definition) is 4. The van der Waals surface area contributed by atoms with Crippen molar-refractivity contribution >= 4 is 0 Å². The molecule has 6 heteroatoms. The van der Waals surface area contributed by atoms with Crippen LogP contribution in [0.15, 0.2) is 6.20 Å². The highest BCUT2D eigenvalue weighted by Crippen LogP contribution is 2.24. The first kappa shape index (κ1) is 16.2. The molecule has 0 saturated carbocycles. The second-order valence-electron chi connectivity index (χ2n) is 7.55. The van der Waals surface area contributed by atoms with Gasteiger partial charge in [-0.2, -0.15) is 5.10 Å². The standard InChI is InChI=1S/C17H28N6/c1-5-14-20-21-15-7-6-12(11-23(14)15)8-18-9-13-10-19-22-16(13)17(2,3)4/h10,12,18H,5-9,11H2,1-4H3,(H,19,22). The number of nitrogens with zero attached hydrogens (tertiary/aromatic N) is 4. The molecule has 3 rings (SSSR count). The summed E-state index contributed by atoms with van der Waals surface area (Å²) in [4.78, 5) is 0. The maximum atomic E-state index is 4.30. The van der Waals surface area contributed by atoms with Crippen molar-refractivity contribution in [2.45, 2.75) is 65.5 Å². The van der Waals surface area contributed by atoms with Gasteiger partial charge in [-0.15, -0.1) is 10.2 Å². The fourth-order valence-corrected chi connectivity index (χ4v) is 3.38. The Balaban J connectivity index is 1.55. The van der Waals surface area contributed by atoms with Gasteiger partial charge < -0.3 is 9.88 Å². The van der Waals surface area contributed by atoms with Crippen LogP contribution in [-0.4, -0.2) is 31.5 Å². The molecule has 1 aliphatic heterocycles. The molecule has 0 spiro atoms. The zero-order chi connectivity index (χ0) is 16.4. The minimum Gasteiger partial charge on any atom is -0.315 e. The molecule has 0 radical (unpaired) electrons. The predicted molar refractivity (Wildman–Crippen MR) is 90.2 cm³/mol. The van der Waals surface area contributed by atoms with E-state index >= 15 is 0 Å². The number of H-pyrrole nitrogens is 1. The summed E-state index contributed by atoms with van der Waals surface area (Å²) in [6.45, 7) is 11.7. The van der Waals surface area contributed by atoms with Gasteiger partial charge in [-0.25, -0.2) is 0 Å². The molecular formula is C17H28N6. The summed E-state index contributed by atoms with van der Waals surface area (Å²) in [6, 6.07) is 0. The highest BCUT2D eigenvalue weighted by molar-refractivity contribution is 5.23. The lowest BCUT2D eigenvalue weighted by molar-refractivity contribution is 0.342. The summed E-state index contributed by atoms with van der Waals surface area (Å²) < 4.78 is 2.31. The van der Waals surface area contributed by atoms with Crippen LogP contribution in [0, 0.1) is 5.92 Å². The lowest BCUT2D eigenvalue weighted by atomic mass is 9.89. The number of aryl methyl sites for hydroxylation is 2. The van der Waals surface area contributed by atoms with Crippen LogP contribution in [0.5, 0.6) is 0 Å². The first-order chi connectivity index (χ1) is 11.0. The van der Waals surface area contributed by atoms with Crippen LogP contribution in [0.3, 0.4) is 0 Å². The minimum atomic E-state index is 0.103. The Morgan fingerprint density at radius 3 is 2.91 bits per heavy atom. The highest BCUT2D eigenvalue weighted by atomic mass is 15.3. The van der Waals surface area contributed by atoms with Gasteiger partial charge in [0.15, 0.2) is 0 Å². The smallest absolute Gasteiger partial charge is 0.133 e. The van der Waals surface area contributed by atoms with E-state index in [0.717, 1.165) is 44.1 Å². The minimum absolute atomic E-state index is 0.103. The Morgan fingerprint density at radius 2 is 2.17 bits per heavy atom. The summed E-state index contributed by atoms with van der Waals surface area (Å²) in [5, 5.41) is 19.6. The van der Waals surface area contributed by atoms with E-state index in [0.29, 0.717) is 5.92 Å². The summed E-state index contributed by atoms with van der Waals surface area (Å²) in [5.41, 5.74) is 2.60. The third-order valence-corrected chi connectivity index (χ3v) is 4.65. The topological polar surface area (TPSA) is 71.4 Å². The van der Waals surface area contributed by atoms with Crippen molar-refractivity contribution in [1.82, 2.24) is 30.3 Å². The Bertz CT molecular complexity index is 635. The molecular weight excluding hydrogens is 288 g/mol. The molecule has 6 nitrogen and oxygen atoms in total. The van der Waals surface area contributed by atoms with Gasteiger partial charge in [0.1, 0.15) is 11.6 Å². The number of aromatic amines is 1. The van der Waals surface area contributed by atoms with E-state index in [2.05, 4.69) is 58.0 Å². The summed E-state index contributed by atoms with van der Waals surface area (Å²) in [5.74, 6) is 2.92. The zero-order valence-corrected chi connectivity index (χ0v) is 14.7. The van der Waals surface area contributed by atoms with Crippen molar-refractivity contribution in [2.75, 3.05) is 6.54 Å². The largest absolute Gasteiger partial charge is 0.315 e. The van der Waals surface area contributed by atoms with Crippen molar-refractivity contribution in [3.63, 3.8) is 0 Å². The molecule has 0 fully saturated rings.